The van der Waals surface area contributed by atoms with Gasteiger partial charge in [0.25, 0.3) is 5.56 Å². The molecule has 0 unspecified atom stereocenters. The maximum Gasteiger partial charge on any atom is 0.330 e. The Bertz CT molecular complexity index is 524. The van der Waals surface area contributed by atoms with Gasteiger partial charge >= 0.3 is 5.69 Å². The number of nitrogens with zero attached hydrogens (tertiary/aromatic N) is 1. The summed E-state index contributed by atoms with van der Waals surface area (Å²) in [7, 11) is 1.36. The van der Waals surface area contributed by atoms with Gasteiger partial charge in [-0.05, 0) is 0 Å². The van der Waals surface area contributed by atoms with Gasteiger partial charge in [0, 0.05) is 19.4 Å². The minimum absolute atomic E-state index is 0.393. The summed E-state index contributed by atoms with van der Waals surface area (Å²) in [5, 5.41) is 18.9. The molecule has 8 nitrogen and oxygen atoms in total. The predicted molar refractivity (Wildman–Crippen MR) is 59.1 cm³/mol. The van der Waals surface area contributed by atoms with Crippen LogP contribution in [0.2, 0.25) is 0 Å². The number of hydrogen-bond donors (Lipinski definition) is 3. The van der Waals surface area contributed by atoms with Crippen LogP contribution < -0.4 is 11.2 Å². The number of aromatic nitrogens is 2. The first-order chi connectivity index (χ1) is 8.58. The molecule has 2 heterocycles. The van der Waals surface area contributed by atoms with Crippen LogP contribution in [0.5, 0.6) is 0 Å². The number of methoxy groups -OCH3 is 1. The third-order valence-electron chi connectivity index (χ3n) is 2.89. The SMILES string of the molecule is [13CH3]O[C@@H]1[C@H](O)[C@@H](CO)O[C@H]1n1ccc(=O)[nH]c1=O. The molecule has 0 amide bonds. The summed E-state index contributed by atoms with van der Waals surface area (Å²) in [6.45, 7) is -0.393. The fourth-order valence-electron chi connectivity index (χ4n) is 1.98. The van der Waals surface area contributed by atoms with Gasteiger partial charge in [-0.25, -0.2) is 4.79 Å². The number of ether oxygens (including phenoxy) is 2. The number of rotatable bonds is 3. The van der Waals surface area contributed by atoms with Crippen LogP contribution in [0, 0.1) is 0 Å². The van der Waals surface area contributed by atoms with E-state index in [4.69, 9.17) is 14.6 Å². The van der Waals surface area contributed by atoms with Gasteiger partial charge in [-0.15, -0.1) is 0 Å². The van der Waals surface area contributed by atoms with E-state index in [1.165, 1.54) is 13.3 Å². The van der Waals surface area contributed by atoms with Gasteiger partial charge in [0.05, 0.1) is 6.61 Å². The molecule has 0 bridgehead atoms. The van der Waals surface area contributed by atoms with E-state index in [9.17, 15) is 14.7 Å². The Balaban J connectivity index is 2.38. The first-order valence-corrected chi connectivity index (χ1v) is 5.37. The minimum atomic E-state index is -1.05. The predicted octanol–water partition coefficient (Wildman–Crippen LogP) is -2.20. The molecule has 100 valence electrons. The van der Waals surface area contributed by atoms with E-state index in [0.717, 1.165) is 10.6 Å². The Morgan fingerprint density at radius 2 is 2.28 bits per heavy atom. The Hall–Kier alpha value is -1.48. The molecule has 2 rings (SSSR count). The third-order valence-corrected chi connectivity index (χ3v) is 2.89. The lowest BCUT2D eigenvalue weighted by Gasteiger charge is -2.19. The second-order valence-corrected chi connectivity index (χ2v) is 3.96. The highest BCUT2D eigenvalue weighted by Crippen LogP contribution is 2.29. The van der Waals surface area contributed by atoms with E-state index in [0.29, 0.717) is 0 Å². The van der Waals surface area contributed by atoms with Crippen molar-refractivity contribution in [2.75, 3.05) is 13.7 Å². The average molecular weight is 259 g/mol. The van der Waals surface area contributed by atoms with Crippen molar-refractivity contribution >= 4 is 0 Å². The quantitative estimate of drug-likeness (QED) is 0.531. The van der Waals surface area contributed by atoms with E-state index >= 15 is 0 Å². The van der Waals surface area contributed by atoms with E-state index in [2.05, 4.69) is 4.98 Å². The van der Waals surface area contributed by atoms with Crippen LogP contribution >= 0.6 is 0 Å². The molecule has 0 aromatic carbocycles. The number of H-pyrrole nitrogens is 1. The van der Waals surface area contributed by atoms with Gasteiger partial charge in [0.15, 0.2) is 6.23 Å². The Labute approximate surface area is 101 Å². The highest BCUT2D eigenvalue weighted by molar-refractivity contribution is 4.93. The number of nitrogens with one attached hydrogen (secondary N) is 1. The normalized spacial score (nSPS) is 31.7. The van der Waals surface area contributed by atoms with Gasteiger partial charge in [0.2, 0.25) is 0 Å². The van der Waals surface area contributed by atoms with Crippen molar-refractivity contribution in [2.24, 2.45) is 0 Å². The molecular weight excluding hydrogens is 245 g/mol. The van der Waals surface area contributed by atoms with Crippen molar-refractivity contribution in [1.29, 1.82) is 0 Å². The van der Waals surface area contributed by atoms with Gasteiger partial charge in [-0.3, -0.25) is 14.3 Å². The summed E-state index contributed by atoms with van der Waals surface area (Å²) >= 11 is 0. The number of aromatic amines is 1. The van der Waals surface area contributed by atoms with Crippen molar-refractivity contribution in [2.45, 2.75) is 24.5 Å². The van der Waals surface area contributed by atoms with Crippen molar-refractivity contribution in [3.8, 4) is 0 Å². The maximum atomic E-state index is 11.6. The number of aliphatic hydroxyl groups excluding tert-OH is 2. The molecule has 8 heteroatoms. The van der Waals surface area contributed by atoms with Gasteiger partial charge < -0.3 is 19.7 Å². The highest BCUT2D eigenvalue weighted by atomic mass is 16.6. The Kier molecular flexibility index (Phi) is 3.62. The molecule has 1 aromatic rings. The van der Waals surface area contributed by atoms with Gasteiger partial charge in [-0.1, -0.05) is 0 Å². The lowest BCUT2D eigenvalue weighted by Crippen LogP contribution is -2.38. The molecule has 18 heavy (non-hydrogen) atoms. The molecule has 1 aromatic heterocycles. The van der Waals surface area contributed by atoms with Crippen molar-refractivity contribution in [3.63, 3.8) is 0 Å². The standard InChI is InChI=1S/C10H14N2O6/c1-17-8-7(15)5(4-13)18-9(8)12-3-2-6(14)11-10(12)16/h2-3,5,7-9,13,15H,4H2,1H3,(H,11,14,16)/t5-,7-,8-,9-/m1/s1/i1+1. The molecule has 0 radical (unpaired) electrons. The summed E-state index contributed by atoms with van der Waals surface area (Å²) in [4.78, 5) is 24.7. The average Bonchev–Trinajstić information content (AvgIpc) is 2.65. The summed E-state index contributed by atoms with van der Waals surface area (Å²) in [6, 6.07) is 1.16. The van der Waals surface area contributed by atoms with Gasteiger partial charge in [-0.2, -0.15) is 0 Å². The molecule has 1 aliphatic rings. The second kappa shape index (κ2) is 5.02. The van der Waals surface area contributed by atoms with Crippen molar-refractivity contribution in [1.82, 2.24) is 9.55 Å². The molecule has 1 fully saturated rings. The van der Waals surface area contributed by atoms with E-state index in [1.807, 2.05) is 0 Å². The summed E-state index contributed by atoms with van der Waals surface area (Å²) in [5.41, 5.74) is -1.19. The fourth-order valence-corrected chi connectivity index (χ4v) is 1.98. The van der Waals surface area contributed by atoms with Crippen LogP contribution in [0.3, 0.4) is 0 Å². The van der Waals surface area contributed by atoms with Crippen LogP contribution in [0.1, 0.15) is 6.23 Å². The largest absolute Gasteiger partial charge is 0.394 e. The minimum Gasteiger partial charge on any atom is -0.394 e. The summed E-state index contributed by atoms with van der Waals surface area (Å²) in [6.07, 6.45) is -2.33. The third kappa shape index (κ3) is 2.10. The molecule has 0 aliphatic carbocycles. The van der Waals surface area contributed by atoms with Crippen LogP contribution in [-0.2, 0) is 9.47 Å². The van der Waals surface area contributed by atoms with Crippen LogP contribution in [-0.4, -0.2) is 51.8 Å². The molecule has 0 spiro atoms. The fraction of sp³-hybridized carbons (Fsp3) is 0.600. The smallest absolute Gasteiger partial charge is 0.330 e. The molecule has 4 atom stereocenters. The second-order valence-electron chi connectivity index (χ2n) is 3.96. The molecule has 0 saturated carbocycles. The monoisotopic (exact) mass is 259 g/mol. The van der Waals surface area contributed by atoms with E-state index < -0.39 is 42.4 Å². The molecule has 1 saturated heterocycles. The first-order valence-electron chi connectivity index (χ1n) is 5.37. The molecule has 3 N–H and O–H groups in total. The topological polar surface area (TPSA) is 114 Å². The zero-order chi connectivity index (χ0) is 13.3. The lowest BCUT2D eigenvalue weighted by atomic mass is 10.1. The lowest BCUT2D eigenvalue weighted by molar-refractivity contribution is -0.0625. The van der Waals surface area contributed by atoms with Crippen LogP contribution in [0.15, 0.2) is 21.9 Å². The number of aliphatic hydroxyl groups is 2. The zero-order valence-electron chi connectivity index (χ0n) is 9.65. The molecular formula is C10H14N2O6. The maximum absolute atomic E-state index is 11.6. The van der Waals surface area contributed by atoms with Gasteiger partial charge in [0.1, 0.15) is 18.3 Å². The van der Waals surface area contributed by atoms with Crippen molar-refractivity contribution in [3.05, 3.63) is 33.1 Å². The van der Waals surface area contributed by atoms with E-state index in [1.54, 1.807) is 0 Å². The van der Waals surface area contributed by atoms with E-state index in [-0.39, 0.29) is 0 Å². The summed E-state index contributed by atoms with van der Waals surface area (Å²) in [5.74, 6) is 0. The summed E-state index contributed by atoms with van der Waals surface area (Å²) < 4.78 is 11.5. The first kappa shape index (κ1) is 13.0. The molecule has 1 aliphatic heterocycles. The van der Waals surface area contributed by atoms with Crippen LogP contribution in [0.4, 0.5) is 0 Å². The Morgan fingerprint density at radius 1 is 1.56 bits per heavy atom. The van der Waals surface area contributed by atoms with Crippen molar-refractivity contribution < 1.29 is 19.7 Å². The van der Waals surface area contributed by atoms with Crippen LogP contribution in [0.25, 0.3) is 0 Å². The number of hydrogen-bond acceptors (Lipinski definition) is 6. The highest BCUT2D eigenvalue weighted by Gasteiger charge is 2.45. The Morgan fingerprint density at radius 3 is 2.83 bits per heavy atom. The zero-order valence-corrected chi connectivity index (χ0v) is 9.65.